The maximum atomic E-state index is 12.1. The standard InChI is InChI=1S/C18H19ClN4O2S/c1-12(21-17(25)14-9-5-6-10-15(14)19)16(24)22-23-18(26)20-11-13-7-3-2-4-8-13/h2-10,12H,11H2,1H3,(H,21,25)(H,22,24)(H2,20,23,26). The van der Waals surface area contributed by atoms with Crippen molar-refractivity contribution in [3.8, 4) is 0 Å². The number of carbonyl (C=O) groups excluding carboxylic acids is 2. The molecule has 0 saturated heterocycles. The van der Waals surface area contributed by atoms with Crippen molar-refractivity contribution >= 4 is 40.7 Å². The van der Waals surface area contributed by atoms with Gasteiger partial charge in [-0.1, -0.05) is 54.1 Å². The second-order valence-electron chi connectivity index (χ2n) is 5.46. The highest BCUT2D eigenvalue weighted by molar-refractivity contribution is 7.80. The van der Waals surface area contributed by atoms with Crippen molar-refractivity contribution in [1.29, 1.82) is 0 Å². The minimum atomic E-state index is -0.775. The summed E-state index contributed by atoms with van der Waals surface area (Å²) in [6.45, 7) is 2.09. The first-order chi connectivity index (χ1) is 12.5. The molecule has 2 aromatic rings. The van der Waals surface area contributed by atoms with Gasteiger partial charge < -0.3 is 10.6 Å². The van der Waals surface area contributed by atoms with Crippen LogP contribution in [0.4, 0.5) is 0 Å². The maximum Gasteiger partial charge on any atom is 0.260 e. The van der Waals surface area contributed by atoms with E-state index in [1.54, 1.807) is 31.2 Å². The molecule has 1 unspecified atom stereocenters. The lowest BCUT2D eigenvalue weighted by Crippen LogP contribution is -2.53. The molecule has 0 radical (unpaired) electrons. The van der Waals surface area contributed by atoms with Crippen LogP contribution in [0.25, 0.3) is 0 Å². The highest BCUT2D eigenvalue weighted by Crippen LogP contribution is 2.14. The Hall–Kier alpha value is -2.64. The molecule has 0 aromatic heterocycles. The summed E-state index contributed by atoms with van der Waals surface area (Å²) < 4.78 is 0. The first-order valence-electron chi connectivity index (χ1n) is 7.90. The van der Waals surface area contributed by atoms with E-state index < -0.39 is 17.9 Å². The van der Waals surface area contributed by atoms with Gasteiger partial charge in [0.25, 0.3) is 11.8 Å². The lowest BCUT2D eigenvalue weighted by atomic mass is 10.2. The van der Waals surface area contributed by atoms with Crippen molar-refractivity contribution in [2.45, 2.75) is 19.5 Å². The summed E-state index contributed by atoms with van der Waals surface area (Å²) >= 11 is 11.1. The summed E-state index contributed by atoms with van der Waals surface area (Å²) in [4.78, 5) is 24.2. The normalized spacial score (nSPS) is 11.2. The van der Waals surface area contributed by atoms with Gasteiger partial charge in [0.05, 0.1) is 10.6 Å². The van der Waals surface area contributed by atoms with Crippen LogP contribution in [0.15, 0.2) is 54.6 Å². The smallest absolute Gasteiger partial charge is 0.260 e. The molecular formula is C18H19ClN4O2S. The van der Waals surface area contributed by atoms with Crippen LogP contribution in [0, 0.1) is 0 Å². The third kappa shape index (κ3) is 6.02. The summed E-state index contributed by atoms with van der Waals surface area (Å²) in [5, 5.41) is 6.14. The zero-order valence-corrected chi connectivity index (χ0v) is 15.7. The van der Waals surface area contributed by atoms with Crippen molar-refractivity contribution in [3.63, 3.8) is 0 Å². The topological polar surface area (TPSA) is 82.3 Å². The zero-order valence-electron chi connectivity index (χ0n) is 14.1. The van der Waals surface area contributed by atoms with Crippen LogP contribution in [0.1, 0.15) is 22.8 Å². The van der Waals surface area contributed by atoms with E-state index in [0.717, 1.165) is 5.56 Å². The second kappa shape index (κ2) is 9.74. The molecule has 0 aliphatic heterocycles. The number of thiocarbonyl (C=S) groups is 1. The van der Waals surface area contributed by atoms with Crippen molar-refractivity contribution < 1.29 is 9.59 Å². The molecule has 0 aliphatic rings. The summed E-state index contributed by atoms with van der Waals surface area (Å²) in [5.41, 5.74) is 6.42. The Morgan fingerprint density at radius 2 is 1.69 bits per heavy atom. The molecule has 0 saturated carbocycles. The average molecular weight is 391 g/mol. The van der Waals surface area contributed by atoms with Gasteiger partial charge >= 0.3 is 0 Å². The van der Waals surface area contributed by atoms with Gasteiger partial charge in [-0.05, 0) is 36.8 Å². The number of benzene rings is 2. The van der Waals surface area contributed by atoms with Crippen molar-refractivity contribution in [2.75, 3.05) is 0 Å². The third-order valence-corrected chi connectivity index (χ3v) is 4.03. The van der Waals surface area contributed by atoms with E-state index in [1.807, 2.05) is 30.3 Å². The largest absolute Gasteiger partial charge is 0.357 e. The van der Waals surface area contributed by atoms with Gasteiger partial charge in [0, 0.05) is 6.54 Å². The van der Waals surface area contributed by atoms with E-state index in [2.05, 4.69) is 21.5 Å². The molecule has 0 heterocycles. The highest BCUT2D eigenvalue weighted by atomic mass is 35.5. The van der Waals surface area contributed by atoms with Crippen LogP contribution in [0.3, 0.4) is 0 Å². The molecule has 136 valence electrons. The van der Waals surface area contributed by atoms with Crippen LogP contribution in [-0.4, -0.2) is 23.0 Å². The van der Waals surface area contributed by atoms with E-state index in [4.69, 9.17) is 23.8 Å². The molecule has 2 amide bonds. The van der Waals surface area contributed by atoms with E-state index in [9.17, 15) is 9.59 Å². The molecule has 1 atom stereocenters. The number of hydrogen-bond acceptors (Lipinski definition) is 3. The van der Waals surface area contributed by atoms with Gasteiger partial charge in [0.15, 0.2) is 5.11 Å². The Bertz CT molecular complexity index is 786. The fourth-order valence-electron chi connectivity index (χ4n) is 2.03. The van der Waals surface area contributed by atoms with E-state index in [0.29, 0.717) is 17.1 Å². The van der Waals surface area contributed by atoms with Crippen molar-refractivity contribution in [3.05, 3.63) is 70.7 Å². The Kier molecular flexibility index (Phi) is 7.37. The van der Waals surface area contributed by atoms with Gasteiger partial charge in [0.1, 0.15) is 6.04 Å². The first kappa shape index (κ1) is 19.7. The summed E-state index contributed by atoms with van der Waals surface area (Å²) in [5.74, 6) is -0.864. The predicted molar refractivity (Wildman–Crippen MR) is 106 cm³/mol. The molecule has 0 fully saturated rings. The van der Waals surface area contributed by atoms with Crippen LogP contribution in [-0.2, 0) is 11.3 Å². The molecule has 0 aliphatic carbocycles. The number of halogens is 1. The summed E-state index contributed by atoms with van der Waals surface area (Å²) in [7, 11) is 0. The molecule has 0 bridgehead atoms. The van der Waals surface area contributed by atoms with Gasteiger partial charge in [-0.3, -0.25) is 20.4 Å². The monoisotopic (exact) mass is 390 g/mol. The highest BCUT2D eigenvalue weighted by Gasteiger charge is 2.18. The molecule has 8 heteroatoms. The number of hydrazine groups is 1. The van der Waals surface area contributed by atoms with Crippen LogP contribution >= 0.6 is 23.8 Å². The van der Waals surface area contributed by atoms with E-state index >= 15 is 0 Å². The van der Waals surface area contributed by atoms with E-state index in [1.165, 1.54) is 0 Å². The summed E-state index contributed by atoms with van der Waals surface area (Å²) in [6.07, 6.45) is 0. The number of rotatable bonds is 5. The number of amides is 2. The quantitative estimate of drug-likeness (QED) is 0.464. The first-order valence-corrected chi connectivity index (χ1v) is 8.69. The predicted octanol–water partition coefficient (Wildman–Crippen LogP) is 2.15. The van der Waals surface area contributed by atoms with Gasteiger partial charge in [-0.2, -0.15) is 0 Å². The minimum Gasteiger partial charge on any atom is -0.357 e. The third-order valence-electron chi connectivity index (χ3n) is 3.45. The van der Waals surface area contributed by atoms with Gasteiger partial charge in [-0.25, -0.2) is 0 Å². The molecule has 2 rings (SSSR count). The number of carbonyl (C=O) groups is 2. The lowest BCUT2D eigenvalue weighted by Gasteiger charge is -2.16. The second-order valence-corrected chi connectivity index (χ2v) is 6.27. The Morgan fingerprint density at radius 3 is 2.38 bits per heavy atom. The average Bonchev–Trinajstić information content (AvgIpc) is 2.65. The number of nitrogens with one attached hydrogen (secondary N) is 4. The Morgan fingerprint density at radius 1 is 1.04 bits per heavy atom. The molecule has 4 N–H and O–H groups in total. The van der Waals surface area contributed by atoms with Gasteiger partial charge in [0.2, 0.25) is 0 Å². The zero-order chi connectivity index (χ0) is 18.9. The Labute approximate surface area is 162 Å². The molecule has 2 aromatic carbocycles. The lowest BCUT2D eigenvalue weighted by molar-refractivity contribution is -0.123. The van der Waals surface area contributed by atoms with Crippen LogP contribution in [0.5, 0.6) is 0 Å². The fraction of sp³-hybridized carbons (Fsp3) is 0.167. The fourth-order valence-corrected chi connectivity index (χ4v) is 2.38. The molecule has 26 heavy (non-hydrogen) atoms. The van der Waals surface area contributed by atoms with Crippen LogP contribution < -0.4 is 21.5 Å². The van der Waals surface area contributed by atoms with Gasteiger partial charge in [-0.15, -0.1) is 0 Å². The number of hydrogen-bond donors (Lipinski definition) is 4. The SMILES string of the molecule is CC(NC(=O)c1ccccc1Cl)C(=O)NNC(=S)NCc1ccccc1. The van der Waals surface area contributed by atoms with Crippen LogP contribution in [0.2, 0.25) is 5.02 Å². The molecule has 0 spiro atoms. The minimum absolute atomic E-state index is 0.270. The maximum absolute atomic E-state index is 12.1. The molecular weight excluding hydrogens is 372 g/mol. The van der Waals surface area contributed by atoms with Crippen molar-refractivity contribution in [1.82, 2.24) is 21.5 Å². The summed E-state index contributed by atoms with van der Waals surface area (Å²) in [6, 6.07) is 15.6. The van der Waals surface area contributed by atoms with Crippen molar-refractivity contribution in [2.24, 2.45) is 0 Å². The molecule has 6 nitrogen and oxygen atoms in total. The van der Waals surface area contributed by atoms with E-state index in [-0.39, 0.29) is 5.11 Å². The Balaban J connectivity index is 1.75.